The summed E-state index contributed by atoms with van der Waals surface area (Å²) in [6, 6.07) is 16.8. The first kappa shape index (κ1) is 25.6. The molecule has 0 unspecified atom stereocenters. The van der Waals surface area contributed by atoms with Crippen molar-refractivity contribution in [1.82, 2.24) is 4.90 Å². The Morgan fingerprint density at radius 2 is 1.61 bits per heavy atom. The number of nitrogens with zero attached hydrogens (tertiary/aromatic N) is 2. The maximum atomic E-state index is 14.4. The molecule has 3 aromatic carbocycles. The topological polar surface area (TPSA) is 66.9 Å². The summed E-state index contributed by atoms with van der Waals surface area (Å²) in [6.07, 6.45) is 4.02. The highest BCUT2D eigenvalue weighted by molar-refractivity contribution is 7.90. The van der Waals surface area contributed by atoms with Gasteiger partial charge in [-0.25, -0.2) is 12.8 Å². The van der Waals surface area contributed by atoms with Gasteiger partial charge in [0.05, 0.1) is 12.0 Å². The van der Waals surface area contributed by atoms with Crippen molar-refractivity contribution in [3.63, 3.8) is 0 Å². The molecule has 0 amide bonds. The maximum Gasteiger partial charge on any atom is 0.187 e. The number of methoxy groups -OCH3 is 1. The summed E-state index contributed by atoms with van der Waals surface area (Å²) in [4.78, 5) is 18.1. The predicted octanol–water partition coefficient (Wildman–Crippen LogP) is 4.55. The molecule has 1 saturated heterocycles. The molecule has 0 spiro atoms. The van der Waals surface area contributed by atoms with Gasteiger partial charge in [-0.2, -0.15) is 0 Å². The molecule has 8 heteroatoms. The molecule has 0 saturated carbocycles. The third-order valence-corrected chi connectivity index (χ3v) is 7.47. The van der Waals surface area contributed by atoms with E-state index in [0.29, 0.717) is 11.3 Å². The number of hydrogen-bond acceptors (Lipinski definition) is 6. The van der Waals surface area contributed by atoms with E-state index < -0.39 is 15.7 Å². The fourth-order valence-corrected chi connectivity index (χ4v) is 4.79. The van der Waals surface area contributed by atoms with Crippen LogP contribution in [0.2, 0.25) is 0 Å². The number of allylic oxidation sites excluding steroid dienone is 1. The van der Waals surface area contributed by atoms with Crippen LogP contribution in [0.5, 0.6) is 5.75 Å². The van der Waals surface area contributed by atoms with E-state index in [0.717, 1.165) is 43.0 Å². The number of anilines is 1. The molecule has 0 radical (unpaired) electrons. The van der Waals surface area contributed by atoms with Crippen LogP contribution in [0.1, 0.15) is 15.9 Å². The zero-order valence-electron chi connectivity index (χ0n) is 20.6. The highest BCUT2D eigenvalue weighted by Crippen LogP contribution is 2.30. The molecule has 0 aliphatic carbocycles. The number of carbonyl (C=O) groups excluding carboxylic acids is 1. The molecule has 4 rings (SSSR count). The van der Waals surface area contributed by atoms with Gasteiger partial charge in [-0.15, -0.1) is 0 Å². The smallest absolute Gasteiger partial charge is 0.187 e. The lowest BCUT2D eigenvalue weighted by Gasteiger charge is -2.35. The number of rotatable bonds is 7. The maximum absolute atomic E-state index is 14.4. The van der Waals surface area contributed by atoms with Crippen LogP contribution < -0.4 is 9.64 Å². The minimum atomic E-state index is -3.30. The van der Waals surface area contributed by atoms with Gasteiger partial charge < -0.3 is 14.5 Å². The Morgan fingerprint density at radius 1 is 0.944 bits per heavy atom. The molecule has 1 heterocycles. The second-order valence-electron chi connectivity index (χ2n) is 8.90. The number of hydrogen-bond donors (Lipinski definition) is 0. The Hall–Kier alpha value is -3.49. The van der Waals surface area contributed by atoms with E-state index in [4.69, 9.17) is 4.74 Å². The highest BCUT2D eigenvalue weighted by Gasteiger charge is 2.20. The van der Waals surface area contributed by atoms with E-state index in [1.807, 2.05) is 18.2 Å². The molecule has 0 aromatic heterocycles. The molecule has 6 nitrogen and oxygen atoms in total. The first-order valence-corrected chi connectivity index (χ1v) is 13.5. The Morgan fingerprint density at radius 3 is 2.22 bits per heavy atom. The van der Waals surface area contributed by atoms with E-state index in [1.165, 1.54) is 31.6 Å². The third-order valence-electron chi connectivity index (χ3n) is 6.34. The van der Waals surface area contributed by atoms with Gasteiger partial charge in [0.1, 0.15) is 11.6 Å². The van der Waals surface area contributed by atoms with E-state index in [-0.39, 0.29) is 16.2 Å². The molecule has 0 bridgehead atoms. The van der Waals surface area contributed by atoms with Gasteiger partial charge in [-0.1, -0.05) is 18.2 Å². The van der Waals surface area contributed by atoms with Crippen molar-refractivity contribution in [2.75, 3.05) is 51.5 Å². The highest BCUT2D eigenvalue weighted by atomic mass is 32.2. The summed E-state index contributed by atoms with van der Waals surface area (Å²) in [5, 5.41) is 0. The zero-order valence-corrected chi connectivity index (χ0v) is 21.4. The number of carbonyl (C=O) groups is 1. The Balaban J connectivity index is 1.70. The number of benzene rings is 3. The number of ether oxygens (including phenoxy) is 1. The van der Waals surface area contributed by atoms with Crippen LogP contribution in [-0.2, 0) is 9.84 Å². The molecule has 1 aliphatic heterocycles. The van der Waals surface area contributed by atoms with Gasteiger partial charge in [-0.05, 0) is 66.7 Å². The molecular formula is C28H29FN2O4S. The number of halogens is 1. The van der Waals surface area contributed by atoms with E-state index in [9.17, 15) is 17.6 Å². The van der Waals surface area contributed by atoms with Gasteiger partial charge in [0, 0.05) is 55.3 Å². The predicted molar refractivity (Wildman–Crippen MR) is 141 cm³/mol. The first-order chi connectivity index (χ1) is 17.2. The van der Waals surface area contributed by atoms with Crippen LogP contribution in [0.4, 0.5) is 10.1 Å². The molecular weight excluding hydrogens is 479 g/mol. The SMILES string of the molecule is COc1ccc(C=CC(=O)c2cc(-c3ccc(S(C)(=O)=O)cc3)ccc2N2CCN(C)CC2)c(F)c1. The van der Waals surface area contributed by atoms with Crippen molar-refractivity contribution < 1.29 is 22.3 Å². The Kier molecular flexibility index (Phi) is 7.56. The van der Waals surface area contributed by atoms with Crippen molar-refractivity contribution in [3.8, 4) is 16.9 Å². The number of piperazine rings is 1. The van der Waals surface area contributed by atoms with E-state index >= 15 is 0 Å². The first-order valence-electron chi connectivity index (χ1n) is 11.6. The fraction of sp³-hybridized carbons (Fsp3) is 0.250. The minimum Gasteiger partial charge on any atom is -0.497 e. The van der Waals surface area contributed by atoms with Crippen LogP contribution in [-0.4, -0.2) is 65.7 Å². The Labute approximate surface area is 211 Å². The van der Waals surface area contributed by atoms with Crippen molar-refractivity contribution in [2.45, 2.75) is 4.90 Å². The fourth-order valence-electron chi connectivity index (χ4n) is 4.16. The summed E-state index contributed by atoms with van der Waals surface area (Å²) in [5.41, 5.74) is 3.21. The molecule has 36 heavy (non-hydrogen) atoms. The number of ketones is 1. The molecule has 0 N–H and O–H groups in total. The quantitative estimate of drug-likeness (QED) is 0.345. The lowest BCUT2D eigenvalue weighted by Crippen LogP contribution is -2.45. The average Bonchev–Trinajstić information content (AvgIpc) is 2.87. The van der Waals surface area contributed by atoms with Gasteiger partial charge in [0.25, 0.3) is 0 Å². The van der Waals surface area contributed by atoms with Crippen LogP contribution in [0, 0.1) is 5.82 Å². The average molecular weight is 509 g/mol. The van der Waals surface area contributed by atoms with Crippen molar-refractivity contribution in [2.24, 2.45) is 0 Å². The third kappa shape index (κ3) is 5.83. The van der Waals surface area contributed by atoms with Crippen molar-refractivity contribution >= 4 is 27.4 Å². The number of sulfone groups is 1. The molecule has 188 valence electrons. The monoisotopic (exact) mass is 508 g/mol. The Bertz CT molecular complexity index is 1390. The second-order valence-corrected chi connectivity index (χ2v) is 10.9. The molecule has 1 aliphatic rings. The van der Waals surface area contributed by atoms with E-state index in [1.54, 1.807) is 36.4 Å². The van der Waals surface area contributed by atoms with Gasteiger partial charge in [0.15, 0.2) is 15.6 Å². The second kappa shape index (κ2) is 10.6. The lowest BCUT2D eigenvalue weighted by atomic mass is 9.98. The zero-order chi connectivity index (χ0) is 25.9. The van der Waals surface area contributed by atoms with Crippen LogP contribution >= 0.6 is 0 Å². The normalized spacial score (nSPS) is 14.8. The van der Waals surface area contributed by atoms with E-state index in [2.05, 4.69) is 16.8 Å². The van der Waals surface area contributed by atoms with Gasteiger partial charge in [0.2, 0.25) is 0 Å². The lowest BCUT2D eigenvalue weighted by molar-refractivity contribution is 0.104. The van der Waals surface area contributed by atoms with Crippen LogP contribution in [0.15, 0.2) is 71.6 Å². The summed E-state index contributed by atoms with van der Waals surface area (Å²) in [6.45, 7) is 3.34. The number of likely N-dealkylation sites (N-methyl/N-ethyl adjacent to an activating group) is 1. The molecule has 1 fully saturated rings. The molecule has 0 atom stereocenters. The van der Waals surface area contributed by atoms with Crippen molar-refractivity contribution in [1.29, 1.82) is 0 Å². The standard InChI is InChI=1S/C28H29FN2O4S/c1-30-14-16-31(17-15-30)27-12-7-22(20-5-10-24(11-6-20)36(3,33)34)18-25(27)28(32)13-8-21-4-9-23(35-2)19-26(21)29/h4-13,18-19H,14-17H2,1-3H3. The largest absolute Gasteiger partial charge is 0.497 e. The van der Waals surface area contributed by atoms with Gasteiger partial charge >= 0.3 is 0 Å². The van der Waals surface area contributed by atoms with Crippen LogP contribution in [0.3, 0.4) is 0 Å². The van der Waals surface area contributed by atoms with Crippen LogP contribution in [0.25, 0.3) is 17.2 Å². The molecule has 3 aromatic rings. The summed E-state index contributed by atoms with van der Waals surface area (Å²) < 4.78 is 43.1. The van der Waals surface area contributed by atoms with Gasteiger partial charge in [-0.3, -0.25) is 4.79 Å². The summed E-state index contributed by atoms with van der Waals surface area (Å²) in [5.74, 6) is -0.311. The van der Waals surface area contributed by atoms with Crippen molar-refractivity contribution in [3.05, 3.63) is 83.7 Å². The summed E-state index contributed by atoms with van der Waals surface area (Å²) in [7, 11) is 0.233. The summed E-state index contributed by atoms with van der Waals surface area (Å²) >= 11 is 0. The minimum absolute atomic E-state index is 0.237.